The zero-order chi connectivity index (χ0) is 15.0. The van der Waals surface area contributed by atoms with E-state index < -0.39 is 0 Å². The molecule has 1 aliphatic rings. The van der Waals surface area contributed by atoms with Gasteiger partial charge in [-0.25, -0.2) is 0 Å². The summed E-state index contributed by atoms with van der Waals surface area (Å²) < 4.78 is 6.35. The first-order valence-corrected chi connectivity index (χ1v) is 8.04. The van der Waals surface area contributed by atoms with Crippen LogP contribution in [0.5, 0.6) is 5.75 Å². The number of carbonyl (C=O) groups excluding carboxylic acids is 1. The Hall–Kier alpha value is -1.75. The van der Waals surface area contributed by atoms with Gasteiger partial charge in [0.2, 0.25) is 0 Å². The molecule has 1 heterocycles. The first-order valence-electron chi connectivity index (χ1n) is 7.22. The number of benzene rings is 1. The molecule has 0 unspecified atom stereocenters. The highest BCUT2D eigenvalue weighted by molar-refractivity contribution is 7.21. The number of rotatable bonds is 4. The average Bonchev–Trinajstić information content (AvgIpc) is 2.79. The molecule has 1 aliphatic carbocycles. The summed E-state index contributed by atoms with van der Waals surface area (Å²) in [5.74, 6) is 1.40. The fourth-order valence-electron chi connectivity index (χ4n) is 2.79. The van der Waals surface area contributed by atoms with Gasteiger partial charge in [0, 0.05) is 18.3 Å². The van der Waals surface area contributed by atoms with E-state index in [0.29, 0.717) is 16.5 Å². The molecule has 21 heavy (non-hydrogen) atoms. The SMILES string of the molecule is COc1cccc2sc(C(=O)N(C)CC3CCC3)c(N)c12. The second-order valence-corrected chi connectivity index (χ2v) is 6.71. The van der Waals surface area contributed by atoms with Crippen molar-refractivity contribution in [2.75, 3.05) is 26.4 Å². The molecule has 0 atom stereocenters. The number of nitrogens with zero attached hydrogens (tertiary/aromatic N) is 1. The van der Waals surface area contributed by atoms with Gasteiger partial charge in [0.25, 0.3) is 5.91 Å². The van der Waals surface area contributed by atoms with Crippen molar-refractivity contribution in [2.45, 2.75) is 19.3 Å². The van der Waals surface area contributed by atoms with E-state index in [2.05, 4.69) is 0 Å². The number of thiophene rings is 1. The number of nitrogens with two attached hydrogens (primary N) is 1. The van der Waals surface area contributed by atoms with E-state index >= 15 is 0 Å². The lowest BCUT2D eigenvalue weighted by Crippen LogP contribution is -2.34. The minimum atomic E-state index is 0.0163. The number of carbonyl (C=O) groups is 1. The quantitative estimate of drug-likeness (QED) is 0.942. The van der Waals surface area contributed by atoms with Crippen LogP contribution in [0.25, 0.3) is 10.1 Å². The molecule has 0 aliphatic heterocycles. The van der Waals surface area contributed by atoms with Gasteiger partial charge >= 0.3 is 0 Å². The van der Waals surface area contributed by atoms with Gasteiger partial charge in [0.1, 0.15) is 10.6 Å². The van der Waals surface area contributed by atoms with Crippen molar-refractivity contribution < 1.29 is 9.53 Å². The number of hydrogen-bond acceptors (Lipinski definition) is 4. The summed E-state index contributed by atoms with van der Waals surface area (Å²) in [6.45, 7) is 0.823. The van der Waals surface area contributed by atoms with Crippen LogP contribution in [0.2, 0.25) is 0 Å². The van der Waals surface area contributed by atoms with Crippen molar-refractivity contribution in [1.29, 1.82) is 0 Å². The summed E-state index contributed by atoms with van der Waals surface area (Å²) in [6.07, 6.45) is 3.75. The molecular formula is C16H20N2O2S. The maximum Gasteiger partial charge on any atom is 0.265 e. The topological polar surface area (TPSA) is 55.6 Å². The number of ether oxygens (including phenoxy) is 1. The summed E-state index contributed by atoms with van der Waals surface area (Å²) in [5.41, 5.74) is 6.75. The molecule has 5 heteroatoms. The molecule has 4 nitrogen and oxygen atoms in total. The Morgan fingerprint density at radius 1 is 1.48 bits per heavy atom. The largest absolute Gasteiger partial charge is 0.496 e. The van der Waals surface area contributed by atoms with Crippen LogP contribution < -0.4 is 10.5 Å². The van der Waals surface area contributed by atoms with E-state index in [0.717, 1.165) is 22.4 Å². The van der Waals surface area contributed by atoms with Crippen LogP contribution in [0, 0.1) is 5.92 Å². The molecule has 3 rings (SSSR count). The maximum absolute atomic E-state index is 12.6. The van der Waals surface area contributed by atoms with E-state index in [1.165, 1.54) is 30.6 Å². The van der Waals surface area contributed by atoms with E-state index in [-0.39, 0.29) is 5.91 Å². The van der Waals surface area contributed by atoms with Crippen LogP contribution in [0.1, 0.15) is 28.9 Å². The third kappa shape index (κ3) is 2.46. The van der Waals surface area contributed by atoms with Crippen LogP contribution in [0.3, 0.4) is 0 Å². The lowest BCUT2D eigenvalue weighted by molar-refractivity contribution is 0.0751. The highest BCUT2D eigenvalue weighted by atomic mass is 32.1. The van der Waals surface area contributed by atoms with Crippen molar-refractivity contribution >= 4 is 33.0 Å². The minimum absolute atomic E-state index is 0.0163. The first kappa shape index (κ1) is 14.2. The fraction of sp³-hybridized carbons (Fsp3) is 0.438. The molecule has 0 bridgehead atoms. The van der Waals surface area contributed by atoms with E-state index in [1.807, 2.05) is 25.2 Å². The predicted octanol–water partition coefficient (Wildman–Crippen LogP) is 3.36. The van der Waals surface area contributed by atoms with Gasteiger partial charge in [-0.15, -0.1) is 11.3 Å². The molecule has 1 fully saturated rings. The summed E-state index contributed by atoms with van der Waals surface area (Å²) in [7, 11) is 3.48. The zero-order valence-electron chi connectivity index (χ0n) is 12.4. The Kier molecular flexibility index (Phi) is 3.76. The average molecular weight is 304 g/mol. The lowest BCUT2D eigenvalue weighted by Gasteiger charge is -2.30. The van der Waals surface area contributed by atoms with Gasteiger partial charge in [0.05, 0.1) is 18.2 Å². The Morgan fingerprint density at radius 2 is 2.24 bits per heavy atom. The summed E-state index contributed by atoms with van der Waals surface area (Å²) in [4.78, 5) is 15.1. The van der Waals surface area contributed by atoms with Gasteiger partial charge in [0.15, 0.2) is 0 Å². The van der Waals surface area contributed by atoms with E-state index in [9.17, 15) is 4.79 Å². The van der Waals surface area contributed by atoms with Crippen molar-refractivity contribution in [2.24, 2.45) is 5.92 Å². The molecule has 1 amide bonds. The molecule has 1 aromatic carbocycles. The summed E-state index contributed by atoms with van der Waals surface area (Å²) >= 11 is 1.45. The number of anilines is 1. The Bertz CT molecular complexity index is 676. The second kappa shape index (κ2) is 5.56. The molecule has 2 aromatic rings. The Morgan fingerprint density at radius 3 is 2.86 bits per heavy atom. The van der Waals surface area contributed by atoms with Crippen LogP contribution in [-0.2, 0) is 0 Å². The standard InChI is InChI=1S/C16H20N2O2S/c1-18(9-10-5-3-6-10)16(19)15-14(17)13-11(20-2)7-4-8-12(13)21-15/h4,7-8,10H,3,5-6,9,17H2,1-2H3. The Balaban J connectivity index is 1.92. The van der Waals surface area contributed by atoms with Crippen molar-refractivity contribution in [3.8, 4) is 5.75 Å². The van der Waals surface area contributed by atoms with Gasteiger partial charge in [-0.2, -0.15) is 0 Å². The number of fused-ring (bicyclic) bond motifs is 1. The van der Waals surface area contributed by atoms with E-state index in [1.54, 1.807) is 12.0 Å². The lowest BCUT2D eigenvalue weighted by atomic mass is 9.85. The molecule has 112 valence electrons. The highest BCUT2D eigenvalue weighted by Crippen LogP contribution is 2.40. The third-order valence-corrected chi connectivity index (χ3v) is 5.39. The van der Waals surface area contributed by atoms with E-state index in [4.69, 9.17) is 10.5 Å². The van der Waals surface area contributed by atoms with Crippen molar-refractivity contribution in [1.82, 2.24) is 4.90 Å². The van der Waals surface area contributed by atoms with Crippen LogP contribution >= 0.6 is 11.3 Å². The third-order valence-electron chi connectivity index (χ3n) is 4.23. The van der Waals surface area contributed by atoms with Crippen LogP contribution in [0.4, 0.5) is 5.69 Å². The molecule has 1 aromatic heterocycles. The van der Waals surface area contributed by atoms with Gasteiger partial charge in [-0.3, -0.25) is 4.79 Å². The number of hydrogen-bond donors (Lipinski definition) is 1. The first-order chi connectivity index (χ1) is 10.1. The molecule has 2 N–H and O–H groups in total. The smallest absolute Gasteiger partial charge is 0.265 e. The van der Waals surface area contributed by atoms with Gasteiger partial charge < -0.3 is 15.4 Å². The summed E-state index contributed by atoms with van der Waals surface area (Å²) in [6, 6.07) is 5.77. The minimum Gasteiger partial charge on any atom is -0.496 e. The number of methoxy groups -OCH3 is 1. The second-order valence-electron chi connectivity index (χ2n) is 5.66. The maximum atomic E-state index is 12.6. The molecule has 0 radical (unpaired) electrons. The van der Waals surface area contributed by atoms with Gasteiger partial charge in [-0.05, 0) is 30.9 Å². The van der Waals surface area contributed by atoms with Crippen LogP contribution in [0.15, 0.2) is 18.2 Å². The fourth-order valence-corrected chi connectivity index (χ4v) is 3.92. The molecule has 1 saturated carbocycles. The normalized spacial score (nSPS) is 15.0. The number of nitrogen functional groups attached to an aromatic ring is 1. The van der Waals surface area contributed by atoms with Crippen molar-refractivity contribution in [3.63, 3.8) is 0 Å². The van der Waals surface area contributed by atoms with Crippen molar-refractivity contribution in [3.05, 3.63) is 23.1 Å². The summed E-state index contributed by atoms with van der Waals surface area (Å²) in [5, 5.41) is 0.852. The van der Waals surface area contributed by atoms with Gasteiger partial charge in [-0.1, -0.05) is 12.5 Å². The molecule has 0 spiro atoms. The zero-order valence-corrected chi connectivity index (χ0v) is 13.2. The highest BCUT2D eigenvalue weighted by Gasteiger charge is 2.25. The van der Waals surface area contributed by atoms with Crippen LogP contribution in [-0.4, -0.2) is 31.5 Å². The Labute approximate surface area is 128 Å². The number of amides is 1. The molecule has 0 saturated heterocycles. The molecular weight excluding hydrogens is 284 g/mol. The monoisotopic (exact) mass is 304 g/mol. The predicted molar refractivity (Wildman–Crippen MR) is 87.1 cm³/mol.